The van der Waals surface area contributed by atoms with Crippen LogP contribution in [0.15, 0.2) is 24.4 Å². The summed E-state index contributed by atoms with van der Waals surface area (Å²) in [5, 5.41) is 19.6. The van der Waals surface area contributed by atoms with Gasteiger partial charge in [0.2, 0.25) is 0 Å². The van der Waals surface area contributed by atoms with Crippen molar-refractivity contribution in [1.29, 1.82) is 0 Å². The molecule has 1 aromatic carbocycles. The van der Waals surface area contributed by atoms with Crippen LogP contribution in [0.1, 0.15) is 12.5 Å². The highest BCUT2D eigenvalue weighted by Crippen LogP contribution is 2.29. The van der Waals surface area contributed by atoms with Crippen LogP contribution in [0.4, 0.5) is 0 Å². The lowest BCUT2D eigenvalue weighted by Crippen LogP contribution is -1.89. The summed E-state index contributed by atoms with van der Waals surface area (Å²) in [4.78, 5) is 0. The summed E-state index contributed by atoms with van der Waals surface area (Å²) in [6, 6.07) is 5.39. The Morgan fingerprint density at radius 2 is 2.14 bits per heavy atom. The minimum absolute atomic E-state index is 0.0406. The van der Waals surface area contributed by atoms with Crippen molar-refractivity contribution >= 4 is 10.9 Å². The van der Waals surface area contributed by atoms with E-state index in [9.17, 15) is 5.11 Å². The summed E-state index contributed by atoms with van der Waals surface area (Å²) in [5.41, 5.74) is 1.75. The van der Waals surface area contributed by atoms with Crippen LogP contribution in [0.2, 0.25) is 0 Å². The molecule has 3 heteroatoms. The number of rotatable bonds is 2. The standard InChI is InChI=1S/C11H13NO2/c1-2-12-6-8(7-13)11-9(12)4-3-5-10(11)14/h3-6,13-14H,2,7H2,1H3. The maximum absolute atomic E-state index is 9.67. The van der Waals surface area contributed by atoms with Crippen LogP contribution in [0.5, 0.6) is 5.75 Å². The molecule has 0 atom stereocenters. The van der Waals surface area contributed by atoms with Gasteiger partial charge in [-0.05, 0) is 19.1 Å². The molecule has 0 spiro atoms. The number of hydrogen-bond donors (Lipinski definition) is 2. The number of aromatic nitrogens is 1. The molecule has 2 rings (SSSR count). The minimum atomic E-state index is -0.0406. The lowest BCUT2D eigenvalue weighted by Gasteiger charge is -2.00. The highest BCUT2D eigenvalue weighted by molar-refractivity contribution is 5.89. The molecular weight excluding hydrogens is 178 g/mol. The molecular formula is C11H13NO2. The predicted octanol–water partition coefficient (Wildman–Crippen LogP) is 1.86. The molecule has 0 unspecified atom stereocenters. The van der Waals surface area contributed by atoms with E-state index in [1.807, 2.05) is 29.8 Å². The molecule has 0 amide bonds. The summed E-state index contributed by atoms with van der Waals surface area (Å²) in [7, 11) is 0. The lowest BCUT2D eigenvalue weighted by molar-refractivity contribution is 0.282. The molecule has 0 radical (unpaired) electrons. The number of benzene rings is 1. The highest BCUT2D eigenvalue weighted by Gasteiger charge is 2.09. The molecule has 0 saturated heterocycles. The summed E-state index contributed by atoms with van der Waals surface area (Å²) in [5.74, 6) is 0.235. The Balaban J connectivity index is 2.82. The van der Waals surface area contributed by atoms with Crippen molar-refractivity contribution < 1.29 is 10.2 Å². The summed E-state index contributed by atoms with van der Waals surface area (Å²) >= 11 is 0. The van der Waals surface area contributed by atoms with E-state index in [-0.39, 0.29) is 12.4 Å². The Hall–Kier alpha value is -1.48. The van der Waals surface area contributed by atoms with E-state index in [0.717, 1.165) is 23.0 Å². The first-order valence-electron chi connectivity index (χ1n) is 4.68. The lowest BCUT2D eigenvalue weighted by atomic mass is 10.1. The second-order valence-corrected chi connectivity index (χ2v) is 3.27. The number of phenolic OH excluding ortho intramolecular Hbond substituents is 1. The number of hydrogen-bond acceptors (Lipinski definition) is 2. The van der Waals surface area contributed by atoms with Gasteiger partial charge in [0.05, 0.1) is 12.1 Å². The number of nitrogens with zero attached hydrogens (tertiary/aromatic N) is 1. The van der Waals surface area contributed by atoms with E-state index in [2.05, 4.69) is 0 Å². The van der Waals surface area contributed by atoms with Gasteiger partial charge in [-0.15, -0.1) is 0 Å². The van der Waals surface area contributed by atoms with Crippen LogP contribution in [-0.2, 0) is 13.2 Å². The average molecular weight is 191 g/mol. The minimum Gasteiger partial charge on any atom is -0.507 e. The van der Waals surface area contributed by atoms with Crippen molar-refractivity contribution in [2.75, 3.05) is 0 Å². The monoisotopic (exact) mass is 191 g/mol. The zero-order valence-corrected chi connectivity index (χ0v) is 8.07. The van der Waals surface area contributed by atoms with Gasteiger partial charge in [-0.3, -0.25) is 0 Å². The van der Waals surface area contributed by atoms with Gasteiger partial charge in [-0.25, -0.2) is 0 Å². The van der Waals surface area contributed by atoms with Gasteiger partial charge < -0.3 is 14.8 Å². The Bertz CT molecular complexity index is 460. The van der Waals surface area contributed by atoms with Crippen LogP contribution in [0.3, 0.4) is 0 Å². The molecule has 0 aliphatic carbocycles. The van der Waals surface area contributed by atoms with Gasteiger partial charge >= 0.3 is 0 Å². The molecule has 14 heavy (non-hydrogen) atoms. The van der Waals surface area contributed by atoms with Crippen LogP contribution in [0, 0.1) is 0 Å². The van der Waals surface area contributed by atoms with Gasteiger partial charge in [0.25, 0.3) is 0 Å². The van der Waals surface area contributed by atoms with Crippen LogP contribution < -0.4 is 0 Å². The number of aliphatic hydroxyl groups excluding tert-OH is 1. The Morgan fingerprint density at radius 3 is 2.79 bits per heavy atom. The van der Waals surface area contributed by atoms with E-state index < -0.39 is 0 Å². The molecule has 0 aliphatic rings. The largest absolute Gasteiger partial charge is 0.507 e. The van der Waals surface area contributed by atoms with Gasteiger partial charge in [0.15, 0.2) is 0 Å². The molecule has 2 aromatic rings. The van der Waals surface area contributed by atoms with E-state index in [1.54, 1.807) is 6.07 Å². The van der Waals surface area contributed by atoms with E-state index in [4.69, 9.17) is 5.11 Å². The van der Waals surface area contributed by atoms with E-state index >= 15 is 0 Å². The zero-order chi connectivity index (χ0) is 10.1. The fourth-order valence-corrected chi connectivity index (χ4v) is 1.80. The normalized spacial score (nSPS) is 11.0. The number of phenols is 1. The Labute approximate surface area is 82.2 Å². The van der Waals surface area contributed by atoms with Crippen molar-refractivity contribution in [3.05, 3.63) is 30.0 Å². The molecule has 0 fully saturated rings. The molecule has 1 aromatic heterocycles. The summed E-state index contributed by atoms with van der Waals surface area (Å²) < 4.78 is 2.01. The van der Waals surface area contributed by atoms with Gasteiger partial charge in [-0.1, -0.05) is 6.07 Å². The van der Waals surface area contributed by atoms with Crippen molar-refractivity contribution in [3.8, 4) is 5.75 Å². The average Bonchev–Trinajstić information content (AvgIpc) is 2.57. The molecule has 0 saturated carbocycles. The number of aryl methyl sites for hydroxylation is 1. The first-order chi connectivity index (χ1) is 6.77. The highest BCUT2D eigenvalue weighted by atomic mass is 16.3. The molecule has 2 N–H and O–H groups in total. The van der Waals surface area contributed by atoms with Crippen LogP contribution in [0.25, 0.3) is 10.9 Å². The second-order valence-electron chi connectivity index (χ2n) is 3.27. The summed E-state index contributed by atoms with van der Waals surface area (Å²) in [6.45, 7) is 2.83. The number of aliphatic hydroxyl groups is 1. The van der Waals surface area contributed by atoms with Gasteiger partial charge in [0.1, 0.15) is 5.75 Å². The SMILES string of the molecule is CCn1cc(CO)c2c(O)cccc21. The van der Waals surface area contributed by atoms with Crippen LogP contribution >= 0.6 is 0 Å². The number of fused-ring (bicyclic) bond motifs is 1. The van der Waals surface area contributed by atoms with Gasteiger partial charge in [-0.2, -0.15) is 0 Å². The van der Waals surface area contributed by atoms with Crippen molar-refractivity contribution in [1.82, 2.24) is 4.57 Å². The third-order valence-electron chi connectivity index (χ3n) is 2.47. The summed E-state index contributed by atoms with van der Waals surface area (Å²) in [6.07, 6.45) is 1.88. The van der Waals surface area contributed by atoms with Crippen molar-refractivity contribution in [3.63, 3.8) is 0 Å². The fourth-order valence-electron chi connectivity index (χ4n) is 1.80. The predicted molar refractivity (Wildman–Crippen MR) is 55.2 cm³/mol. The zero-order valence-electron chi connectivity index (χ0n) is 8.07. The van der Waals surface area contributed by atoms with Crippen molar-refractivity contribution in [2.24, 2.45) is 0 Å². The van der Waals surface area contributed by atoms with Crippen molar-refractivity contribution in [2.45, 2.75) is 20.1 Å². The van der Waals surface area contributed by atoms with E-state index in [0.29, 0.717) is 0 Å². The van der Waals surface area contributed by atoms with Gasteiger partial charge in [0, 0.05) is 23.7 Å². The third-order valence-corrected chi connectivity index (χ3v) is 2.47. The Morgan fingerprint density at radius 1 is 1.36 bits per heavy atom. The molecule has 3 nitrogen and oxygen atoms in total. The molecule has 74 valence electrons. The first kappa shape index (κ1) is 9.09. The third kappa shape index (κ3) is 1.17. The fraction of sp³-hybridized carbons (Fsp3) is 0.273. The maximum atomic E-state index is 9.67. The second kappa shape index (κ2) is 3.35. The smallest absolute Gasteiger partial charge is 0.125 e. The molecule has 1 heterocycles. The topological polar surface area (TPSA) is 45.4 Å². The molecule has 0 aliphatic heterocycles. The van der Waals surface area contributed by atoms with E-state index in [1.165, 1.54) is 0 Å². The number of aromatic hydroxyl groups is 1. The first-order valence-corrected chi connectivity index (χ1v) is 4.68. The van der Waals surface area contributed by atoms with Crippen LogP contribution in [-0.4, -0.2) is 14.8 Å². The Kier molecular flexibility index (Phi) is 2.17. The quantitative estimate of drug-likeness (QED) is 0.761. The maximum Gasteiger partial charge on any atom is 0.125 e. The molecule has 0 bridgehead atoms.